The number of nitrogens with zero attached hydrogens (tertiary/aromatic N) is 1. The zero-order valence-corrected chi connectivity index (χ0v) is 14.1. The van der Waals surface area contributed by atoms with Crippen LogP contribution in [0.15, 0.2) is 36.0 Å². The normalized spacial score (nSPS) is 19.9. The topological polar surface area (TPSA) is 94.9 Å². The second-order valence-corrected chi connectivity index (χ2v) is 5.58. The third-order valence-corrected chi connectivity index (χ3v) is 3.50. The van der Waals surface area contributed by atoms with Gasteiger partial charge in [0.25, 0.3) is 0 Å². The summed E-state index contributed by atoms with van der Waals surface area (Å²) in [5, 5.41) is 18.2. The summed E-state index contributed by atoms with van der Waals surface area (Å²) in [5.74, 6) is -1.97. The number of carbonyl (C=O) groups excluding carboxylic acids is 1. The van der Waals surface area contributed by atoms with Gasteiger partial charge in [-0.25, -0.2) is 9.59 Å². The van der Waals surface area contributed by atoms with Gasteiger partial charge >= 0.3 is 11.9 Å². The van der Waals surface area contributed by atoms with Crippen LogP contribution < -0.4 is 0 Å². The number of allylic oxidation sites excluding steroid dienone is 3. The van der Waals surface area contributed by atoms with Crippen LogP contribution in [0.25, 0.3) is 0 Å². The molecule has 0 saturated carbocycles. The smallest absolute Gasteiger partial charge is 0.331 e. The molecule has 0 aromatic carbocycles. The van der Waals surface area contributed by atoms with Crippen molar-refractivity contribution in [3.63, 3.8) is 0 Å². The van der Waals surface area contributed by atoms with Crippen molar-refractivity contribution in [2.75, 3.05) is 14.1 Å². The summed E-state index contributed by atoms with van der Waals surface area (Å²) in [6.07, 6.45) is 5.99. The highest BCUT2D eigenvalue weighted by Gasteiger charge is 2.42. The molecule has 0 heterocycles. The van der Waals surface area contributed by atoms with E-state index in [1.807, 2.05) is 6.92 Å². The van der Waals surface area contributed by atoms with E-state index >= 15 is 0 Å². The minimum Gasteiger partial charge on any atom is -0.480 e. The molecule has 0 saturated heterocycles. The van der Waals surface area contributed by atoms with Gasteiger partial charge in [-0.15, -0.1) is 0 Å². The highest BCUT2D eigenvalue weighted by atomic mass is 16.4. The number of carboxylic acids is 2. The van der Waals surface area contributed by atoms with Crippen LogP contribution in [0.1, 0.15) is 33.1 Å². The van der Waals surface area contributed by atoms with Crippen LogP contribution in [0, 0.1) is 0 Å². The third kappa shape index (κ3) is 5.83. The number of hydrogen-bond acceptors (Lipinski definition) is 4. The van der Waals surface area contributed by atoms with Gasteiger partial charge in [0, 0.05) is 18.4 Å². The number of carbonyl (C=O) groups is 3. The molecule has 0 spiro atoms. The summed E-state index contributed by atoms with van der Waals surface area (Å²) >= 11 is 0. The summed E-state index contributed by atoms with van der Waals surface area (Å²) in [6, 6.07) is 0. The van der Waals surface area contributed by atoms with Crippen molar-refractivity contribution >= 4 is 17.7 Å². The number of carboxylic acid groups (broad SMARTS) is 2. The lowest BCUT2D eigenvalue weighted by Gasteiger charge is -2.35. The molecule has 128 valence electrons. The van der Waals surface area contributed by atoms with Gasteiger partial charge in [-0.05, 0) is 45.7 Å². The highest BCUT2D eigenvalue weighted by molar-refractivity contribution is 5.92. The lowest BCUT2D eigenvalue weighted by Crippen LogP contribution is -2.51. The Labute approximate surface area is 136 Å². The summed E-state index contributed by atoms with van der Waals surface area (Å²) in [5.41, 5.74) is -0.483. The molecule has 1 atom stereocenters. The molecule has 0 bridgehead atoms. The largest absolute Gasteiger partial charge is 0.480 e. The van der Waals surface area contributed by atoms with Crippen molar-refractivity contribution in [1.29, 1.82) is 0 Å². The molecule has 6 heteroatoms. The number of aliphatic carboxylic acids is 2. The van der Waals surface area contributed by atoms with Crippen LogP contribution in [-0.2, 0) is 14.4 Å². The first kappa shape index (κ1) is 20.8. The second-order valence-electron chi connectivity index (χ2n) is 5.58. The molecule has 1 aliphatic carbocycles. The number of rotatable bonds is 6. The molecule has 2 N–H and O–H groups in total. The molecule has 1 aliphatic rings. The SMILES string of the molecule is C=CC(=O)CCC.CC1=CC(C(=O)O)(N(C)C)CC(C(=O)O)=C1. The molecule has 0 aromatic heterocycles. The van der Waals surface area contributed by atoms with Crippen molar-refractivity contribution in [3.8, 4) is 0 Å². The van der Waals surface area contributed by atoms with Crippen molar-refractivity contribution in [3.05, 3.63) is 36.0 Å². The van der Waals surface area contributed by atoms with Crippen LogP contribution in [0.3, 0.4) is 0 Å². The van der Waals surface area contributed by atoms with Crippen LogP contribution >= 0.6 is 0 Å². The molecular weight excluding hydrogens is 298 g/mol. The fraction of sp³-hybridized carbons (Fsp3) is 0.471. The number of hydrogen-bond donors (Lipinski definition) is 2. The Hall–Kier alpha value is -2.21. The maximum absolute atomic E-state index is 11.3. The van der Waals surface area contributed by atoms with Gasteiger partial charge in [0.1, 0.15) is 5.54 Å². The Balaban J connectivity index is 0.000000585. The van der Waals surface area contributed by atoms with E-state index in [-0.39, 0.29) is 17.8 Å². The van der Waals surface area contributed by atoms with E-state index in [2.05, 4.69) is 6.58 Å². The maximum atomic E-state index is 11.3. The van der Waals surface area contributed by atoms with Gasteiger partial charge < -0.3 is 10.2 Å². The molecule has 1 unspecified atom stereocenters. The first-order chi connectivity index (χ1) is 10.6. The van der Waals surface area contributed by atoms with Gasteiger partial charge in [-0.2, -0.15) is 0 Å². The fourth-order valence-corrected chi connectivity index (χ4v) is 2.19. The Morgan fingerprint density at radius 1 is 1.35 bits per heavy atom. The molecule has 0 amide bonds. The summed E-state index contributed by atoms with van der Waals surface area (Å²) < 4.78 is 0. The van der Waals surface area contributed by atoms with Crippen LogP contribution in [0.2, 0.25) is 0 Å². The van der Waals surface area contributed by atoms with E-state index in [0.717, 1.165) is 6.42 Å². The van der Waals surface area contributed by atoms with E-state index < -0.39 is 17.5 Å². The van der Waals surface area contributed by atoms with E-state index in [4.69, 9.17) is 5.11 Å². The van der Waals surface area contributed by atoms with Gasteiger partial charge in [0.05, 0.1) is 0 Å². The third-order valence-electron chi connectivity index (χ3n) is 3.50. The maximum Gasteiger partial charge on any atom is 0.331 e. The first-order valence-corrected chi connectivity index (χ1v) is 7.30. The predicted octanol–water partition coefficient (Wildman–Crippen LogP) is 2.27. The zero-order chi connectivity index (χ0) is 18.2. The Morgan fingerprint density at radius 2 is 1.91 bits per heavy atom. The van der Waals surface area contributed by atoms with E-state index in [0.29, 0.717) is 12.0 Å². The van der Waals surface area contributed by atoms with E-state index in [1.54, 1.807) is 27.1 Å². The van der Waals surface area contributed by atoms with Crippen molar-refractivity contribution in [2.24, 2.45) is 0 Å². The molecule has 1 rings (SSSR count). The average Bonchev–Trinajstić information content (AvgIpc) is 2.46. The van der Waals surface area contributed by atoms with E-state index in [9.17, 15) is 19.5 Å². The standard InChI is InChI=1S/C11H15NO4.C6H10O/c1-7-4-8(9(13)14)6-11(5-7,10(15)16)12(2)3;1-3-5-6(7)4-2/h4-5H,6H2,1-3H3,(H,13,14)(H,15,16);4H,2-3,5H2,1H3. The van der Waals surface area contributed by atoms with Crippen molar-refractivity contribution < 1.29 is 24.6 Å². The van der Waals surface area contributed by atoms with Gasteiger partial charge in [-0.1, -0.05) is 19.1 Å². The minimum absolute atomic E-state index is 0.0258. The molecule has 0 radical (unpaired) electrons. The predicted molar refractivity (Wildman–Crippen MR) is 88.3 cm³/mol. The van der Waals surface area contributed by atoms with Gasteiger partial charge in [0.15, 0.2) is 5.78 Å². The number of ketones is 1. The molecule has 6 nitrogen and oxygen atoms in total. The van der Waals surface area contributed by atoms with Crippen LogP contribution in [0.4, 0.5) is 0 Å². The molecule has 0 aromatic rings. The Morgan fingerprint density at radius 3 is 2.22 bits per heavy atom. The Kier molecular flexibility index (Phi) is 8.18. The first-order valence-electron chi connectivity index (χ1n) is 7.30. The zero-order valence-electron chi connectivity index (χ0n) is 14.1. The summed E-state index contributed by atoms with van der Waals surface area (Å²) in [4.78, 5) is 34.1. The van der Waals surface area contributed by atoms with Crippen LogP contribution in [0.5, 0.6) is 0 Å². The summed E-state index contributed by atoms with van der Waals surface area (Å²) in [7, 11) is 3.26. The highest BCUT2D eigenvalue weighted by Crippen LogP contribution is 2.30. The lowest BCUT2D eigenvalue weighted by atomic mass is 9.83. The quantitative estimate of drug-likeness (QED) is 0.728. The fourth-order valence-electron chi connectivity index (χ4n) is 2.19. The monoisotopic (exact) mass is 323 g/mol. The lowest BCUT2D eigenvalue weighted by molar-refractivity contribution is -0.147. The van der Waals surface area contributed by atoms with Gasteiger partial charge in [0.2, 0.25) is 0 Å². The average molecular weight is 323 g/mol. The molecule has 0 aliphatic heterocycles. The number of likely N-dealkylation sites (N-methyl/N-ethyl adjacent to an activating group) is 1. The molecule has 23 heavy (non-hydrogen) atoms. The molecular formula is C17H25NO5. The molecule has 0 fully saturated rings. The van der Waals surface area contributed by atoms with E-state index in [1.165, 1.54) is 17.1 Å². The van der Waals surface area contributed by atoms with Crippen molar-refractivity contribution in [1.82, 2.24) is 4.90 Å². The summed E-state index contributed by atoms with van der Waals surface area (Å²) in [6.45, 7) is 7.00. The second kappa shape index (κ2) is 9.05. The minimum atomic E-state index is -1.26. The van der Waals surface area contributed by atoms with Crippen LogP contribution in [-0.4, -0.2) is 52.5 Å². The van der Waals surface area contributed by atoms with Gasteiger partial charge in [-0.3, -0.25) is 9.69 Å². The van der Waals surface area contributed by atoms with Crippen molar-refractivity contribution in [2.45, 2.75) is 38.6 Å². The Bertz CT molecular complexity index is 545.